The predicted octanol–water partition coefficient (Wildman–Crippen LogP) is 4.33. The largest absolute Gasteiger partial charge is 0.490 e. The zero-order chi connectivity index (χ0) is 16.7. The van der Waals surface area contributed by atoms with Crippen LogP contribution >= 0.6 is 0 Å². The summed E-state index contributed by atoms with van der Waals surface area (Å²) in [6.45, 7) is 7.69. The molecule has 2 aromatic carbocycles. The van der Waals surface area contributed by atoms with Crippen LogP contribution < -0.4 is 14.8 Å². The van der Waals surface area contributed by atoms with Crippen LogP contribution in [0.4, 0.5) is 5.69 Å². The molecule has 0 radical (unpaired) electrons. The second kappa shape index (κ2) is 8.14. The summed E-state index contributed by atoms with van der Waals surface area (Å²) in [6, 6.07) is 12.3. The van der Waals surface area contributed by atoms with E-state index >= 15 is 0 Å². The zero-order valence-electron chi connectivity index (χ0n) is 14.0. The Kier molecular flexibility index (Phi) is 5.94. The minimum Gasteiger partial charge on any atom is -0.490 e. The Morgan fingerprint density at radius 2 is 1.87 bits per heavy atom. The van der Waals surface area contributed by atoms with E-state index in [1.165, 1.54) is 11.1 Å². The fourth-order valence-corrected chi connectivity index (χ4v) is 2.29. The number of ether oxygens (including phenoxy) is 2. The maximum atomic E-state index is 5.65. The van der Waals surface area contributed by atoms with Crippen LogP contribution in [0.3, 0.4) is 0 Å². The first-order chi connectivity index (χ1) is 11.1. The van der Waals surface area contributed by atoms with Gasteiger partial charge in [-0.1, -0.05) is 24.1 Å². The van der Waals surface area contributed by atoms with E-state index < -0.39 is 0 Å². The van der Waals surface area contributed by atoms with E-state index in [1.807, 2.05) is 25.1 Å². The van der Waals surface area contributed by atoms with Crippen LogP contribution in [0.15, 0.2) is 36.4 Å². The summed E-state index contributed by atoms with van der Waals surface area (Å²) in [7, 11) is 0. The molecule has 0 spiro atoms. The average molecular weight is 309 g/mol. The summed E-state index contributed by atoms with van der Waals surface area (Å²) in [5.74, 6) is 3.87. The molecule has 0 aliphatic heterocycles. The lowest BCUT2D eigenvalue weighted by Crippen LogP contribution is -2.04. The number of aryl methyl sites for hydroxylation is 2. The van der Waals surface area contributed by atoms with Gasteiger partial charge < -0.3 is 14.8 Å². The number of rotatable bonds is 7. The van der Waals surface area contributed by atoms with E-state index in [0.29, 0.717) is 12.4 Å². The van der Waals surface area contributed by atoms with E-state index in [9.17, 15) is 0 Å². The van der Waals surface area contributed by atoms with Crippen molar-refractivity contribution in [3.05, 3.63) is 53.1 Å². The summed E-state index contributed by atoms with van der Waals surface area (Å²) >= 11 is 0. The molecule has 3 nitrogen and oxygen atoms in total. The molecule has 0 saturated heterocycles. The van der Waals surface area contributed by atoms with Crippen molar-refractivity contribution in [1.82, 2.24) is 0 Å². The predicted molar refractivity (Wildman–Crippen MR) is 95.2 cm³/mol. The van der Waals surface area contributed by atoms with E-state index in [1.54, 1.807) is 0 Å². The van der Waals surface area contributed by atoms with Gasteiger partial charge in [0.25, 0.3) is 0 Å². The third-order valence-electron chi connectivity index (χ3n) is 3.50. The van der Waals surface area contributed by atoms with Crippen molar-refractivity contribution in [3.63, 3.8) is 0 Å². The molecule has 0 heterocycles. The number of terminal acetylenes is 1. The molecule has 0 saturated carbocycles. The Bertz CT molecular complexity index is 701. The van der Waals surface area contributed by atoms with Gasteiger partial charge in [0.2, 0.25) is 0 Å². The molecule has 0 unspecified atom stereocenters. The smallest absolute Gasteiger partial charge is 0.162 e. The molecule has 0 amide bonds. The summed E-state index contributed by atoms with van der Waals surface area (Å²) in [4.78, 5) is 0. The molecular weight excluding hydrogens is 286 g/mol. The van der Waals surface area contributed by atoms with Crippen molar-refractivity contribution in [2.45, 2.75) is 27.3 Å². The quantitative estimate of drug-likeness (QED) is 0.772. The highest BCUT2D eigenvalue weighted by Crippen LogP contribution is 2.29. The van der Waals surface area contributed by atoms with Crippen molar-refractivity contribution in [2.75, 3.05) is 18.5 Å². The van der Waals surface area contributed by atoms with Gasteiger partial charge in [0, 0.05) is 12.2 Å². The molecular formula is C20H23NO2. The molecule has 1 N–H and O–H groups in total. The van der Waals surface area contributed by atoms with Crippen LogP contribution in [0.1, 0.15) is 23.6 Å². The standard InChI is InChI=1S/C20H23NO2/c1-5-11-23-19-10-9-17(13-20(19)22-6-2)14-21-18-12-15(3)7-8-16(18)4/h1,7-10,12-13,21H,6,11,14H2,2-4H3. The lowest BCUT2D eigenvalue weighted by molar-refractivity contribution is 0.299. The SMILES string of the molecule is C#CCOc1ccc(CNc2cc(C)ccc2C)cc1OCC. The molecule has 23 heavy (non-hydrogen) atoms. The van der Waals surface area contributed by atoms with E-state index in [0.717, 1.165) is 23.5 Å². The van der Waals surface area contributed by atoms with Crippen LogP contribution in [0.5, 0.6) is 11.5 Å². The van der Waals surface area contributed by atoms with E-state index in [-0.39, 0.29) is 6.61 Å². The highest BCUT2D eigenvalue weighted by atomic mass is 16.5. The van der Waals surface area contributed by atoms with E-state index in [2.05, 4.69) is 43.3 Å². The molecule has 0 aromatic heterocycles. The fraction of sp³-hybridized carbons (Fsp3) is 0.300. The van der Waals surface area contributed by atoms with Crippen molar-refractivity contribution >= 4 is 5.69 Å². The third kappa shape index (κ3) is 4.69. The van der Waals surface area contributed by atoms with Gasteiger partial charge in [0.15, 0.2) is 11.5 Å². The Labute approximate surface area is 138 Å². The molecule has 0 aliphatic carbocycles. The van der Waals surface area contributed by atoms with Gasteiger partial charge in [0.05, 0.1) is 6.61 Å². The molecule has 0 aliphatic rings. The lowest BCUT2D eigenvalue weighted by atomic mass is 10.1. The second-order valence-electron chi connectivity index (χ2n) is 5.38. The number of nitrogens with one attached hydrogen (secondary N) is 1. The Hall–Kier alpha value is -2.60. The Morgan fingerprint density at radius 1 is 1.04 bits per heavy atom. The number of anilines is 1. The Morgan fingerprint density at radius 3 is 2.61 bits per heavy atom. The molecule has 3 heteroatoms. The van der Waals surface area contributed by atoms with E-state index in [4.69, 9.17) is 15.9 Å². The highest BCUT2D eigenvalue weighted by Gasteiger charge is 2.07. The van der Waals surface area contributed by atoms with Gasteiger partial charge in [-0.05, 0) is 55.7 Å². The molecule has 0 atom stereocenters. The van der Waals surface area contributed by atoms with Crippen LogP contribution in [0, 0.1) is 26.2 Å². The maximum Gasteiger partial charge on any atom is 0.162 e. The van der Waals surface area contributed by atoms with Crippen LogP contribution in [0.25, 0.3) is 0 Å². The lowest BCUT2D eigenvalue weighted by Gasteiger charge is -2.14. The second-order valence-corrected chi connectivity index (χ2v) is 5.38. The first-order valence-electron chi connectivity index (χ1n) is 7.77. The van der Waals surface area contributed by atoms with Gasteiger partial charge in [-0.2, -0.15) is 0 Å². The van der Waals surface area contributed by atoms with Crippen molar-refractivity contribution in [3.8, 4) is 23.8 Å². The Balaban J connectivity index is 2.12. The van der Waals surface area contributed by atoms with Gasteiger partial charge in [0.1, 0.15) is 6.61 Å². The fourth-order valence-electron chi connectivity index (χ4n) is 2.29. The minimum absolute atomic E-state index is 0.236. The summed E-state index contributed by atoms with van der Waals surface area (Å²) < 4.78 is 11.2. The summed E-state index contributed by atoms with van der Waals surface area (Å²) in [5, 5.41) is 3.47. The zero-order valence-corrected chi connectivity index (χ0v) is 14.0. The summed E-state index contributed by atoms with van der Waals surface area (Å²) in [5.41, 5.74) is 4.75. The van der Waals surface area contributed by atoms with Crippen LogP contribution in [-0.4, -0.2) is 13.2 Å². The van der Waals surface area contributed by atoms with Crippen LogP contribution in [0.2, 0.25) is 0 Å². The summed E-state index contributed by atoms with van der Waals surface area (Å²) in [6.07, 6.45) is 5.24. The normalized spacial score (nSPS) is 10.0. The van der Waals surface area contributed by atoms with Crippen molar-refractivity contribution < 1.29 is 9.47 Å². The van der Waals surface area contributed by atoms with Crippen molar-refractivity contribution in [2.24, 2.45) is 0 Å². The topological polar surface area (TPSA) is 30.5 Å². The maximum absolute atomic E-state index is 5.65. The van der Waals surface area contributed by atoms with Gasteiger partial charge in [-0.15, -0.1) is 6.42 Å². The first-order valence-corrected chi connectivity index (χ1v) is 7.77. The number of hydrogen-bond acceptors (Lipinski definition) is 3. The molecule has 2 rings (SSSR count). The molecule has 0 fully saturated rings. The molecule has 120 valence electrons. The van der Waals surface area contributed by atoms with Gasteiger partial charge in [-0.3, -0.25) is 0 Å². The minimum atomic E-state index is 0.236. The van der Waals surface area contributed by atoms with Gasteiger partial charge in [-0.25, -0.2) is 0 Å². The number of hydrogen-bond donors (Lipinski definition) is 1. The highest BCUT2D eigenvalue weighted by molar-refractivity contribution is 5.53. The van der Waals surface area contributed by atoms with Gasteiger partial charge >= 0.3 is 0 Å². The van der Waals surface area contributed by atoms with Crippen LogP contribution in [-0.2, 0) is 6.54 Å². The van der Waals surface area contributed by atoms with Crippen molar-refractivity contribution in [1.29, 1.82) is 0 Å². The monoisotopic (exact) mass is 309 g/mol. The third-order valence-corrected chi connectivity index (χ3v) is 3.50. The number of benzene rings is 2. The molecule has 0 bridgehead atoms. The first kappa shape index (κ1) is 16.8. The average Bonchev–Trinajstić information content (AvgIpc) is 2.55. The molecule has 2 aromatic rings.